The maximum Gasteiger partial charge on any atom is 0.0236 e. The zero-order valence-electron chi connectivity index (χ0n) is 10.3. The fourth-order valence-electron chi connectivity index (χ4n) is 2.19. The lowest BCUT2D eigenvalue weighted by molar-refractivity contribution is 0.116. The van der Waals surface area contributed by atoms with Crippen molar-refractivity contribution in [2.24, 2.45) is 10.8 Å². The smallest absolute Gasteiger partial charge is 0.0236 e. The summed E-state index contributed by atoms with van der Waals surface area (Å²) in [7, 11) is 0. The lowest BCUT2D eigenvalue weighted by Gasteiger charge is -2.40. The Kier molecular flexibility index (Phi) is 1.08. The Balaban J connectivity index is 2.81. The molecular weight excluding hydrogens is 120 g/mol. The summed E-state index contributed by atoms with van der Waals surface area (Å²) >= 11 is 0. The lowest BCUT2D eigenvalue weighted by Crippen LogP contribution is -2.28. The van der Waals surface area contributed by atoms with Gasteiger partial charge in [0.25, 0.3) is 0 Å². The maximum atomic E-state index is 7.53. The Labute approximate surface area is 69.2 Å². The molecule has 1 rings (SSSR count). The Bertz CT molecular complexity index is 193. The normalized spacial score (nSPS) is 45.3. The van der Waals surface area contributed by atoms with Gasteiger partial charge in [-0.15, -0.1) is 0 Å². The SMILES string of the molecule is [2H]C([2H])([2H])[C@]1(C)CCCC(C)(C)C1. The van der Waals surface area contributed by atoms with Crippen LogP contribution < -0.4 is 0 Å². The summed E-state index contributed by atoms with van der Waals surface area (Å²) in [5.74, 6) is 0. The van der Waals surface area contributed by atoms with Gasteiger partial charge < -0.3 is 0 Å². The van der Waals surface area contributed by atoms with Crippen LogP contribution in [0.15, 0.2) is 0 Å². The van der Waals surface area contributed by atoms with Crippen LogP contribution in [0.25, 0.3) is 0 Å². The summed E-state index contributed by atoms with van der Waals surface area (Å²) in [5, 5.41) is 0. The summed E-state index contributed by atoms with van der Waals surface area (Å²) < 4.78 is 22.6. The molecule has 0 N–H and O–H groups in total. The van der Waals surface area contributed by atoms with Gasteiger partial charge in [0.1, 0.15) is 0 Å². The van der Waals surface area contributed by atoms with Crippen LogP contribution in [0, 0.1) is 10.8 Å². The molecule has 0 bridgehead atoms. The van der Waals surface area contributed by atoms with Crippen molar-refractivity contribution in [3.05, 3.63) is 0 Å². The van der Waals surface area contributed by atoms with E-state index in [0.717, 1.165) is 19.3 Å². The van der Waals surface area contributed by atoms with E-state index in [9.17, 15) is 0 Å². The van der Waals surface area contributed by atoms with Crippen LogP contribution in [0.2, 0.25) is 0 Å². The molecule has 0 aromatic heterocycles. The molecule has 0 heteroatoms. The lowest BCUT2D eigenvalue weighted by atomic mass is 9.65. The molecule has 0 aromatic carbocycles. The summed E-state index contributed by atoms with van der Waals surface area (Å²) in [5.41, 5.74) is -0.240. The molecule has 1 aliphatic rings. The number of hydrogen-bond donors (Lipinski definition) is 0. The van der Waals surface area contributed by atoms with Crippen LogP contribution in [0.5, 0.6) is 0 Å². The molecule has 1 fully saturated rings. The zero-order valence-corrected chi connectivity index (χ0v) is 7.33. The first kappa shape index (κ1) is 4.79. The quantitative estimate of drug-likeness (QED) is 0.486. The van der Waals surface area contributed by atoms with Crippen molar-refractivity contribution < 1.29 is 4.11 Å². The van der Waals surface area contributed by atoms with Gasteiger partial charge in [0, 0.05) is 4.11 Å². The third kappa shape index (κ3) is 2.00. The van der Waals surface area contributed by atoms with Gasteiger partial charge in [-0.3, -0.25) is 0 Å². The van der Waals surface area contributed by atoms with Gasteiger partial charge in [-0.05, 0) is 30.1 Å². The minimum Gasteiger partial charge on any atom is -0.0599 e. The third-order valence-corrected chi connectivity index (χ3v) is 2.45. The van der Waals surface area contributed by atoms with Gasteiger partial charge in [0.05, 0.1) is 0 Å². The van der Waals surface area contributed by atoms with Crippen LogP contribution in [0.1, 0.15) is 57.4 Å². The number of hydrogen-bond acceptors (Lipinski definition) is 0. The van der Waals surface area contributed by atoms with Crippen molar-refractivity contribution in [2.75, 3.05) is 0 Å². The molecule has 0 unspecified atom stereocenters. The minimum atomic E-state index is -1.79. The minimum absolute atomic E-state index is 0.210. The Morgan fingerprint density at radius 3 is 2.10 bits per heavy atom. The molecule has 60 valence electrons. The second-order valence-corrected chi connectivity index (χ2v) is 4.76. The first-order chi connectivity index (χ1) is 5.66. The molecule has 1 saturated carbocycles. The number of rotatable bonds is 0. The predicted octanol–water partition coefficient (Wildman–Crippen LogP) is 3.61. The predicted molar refractivity (Wildman–Crippen MR) is 46.0 cm³/mol. The first-order valence-electron chi connectivity index (χ1n) is 5.66. The van der Waals surface area contributed by atoms with Gasteiger partial charge in [-0.2, -0.15) is 0 Å². The highest BCUT2D eigenvalue weighted by atomic mass is 14.4. The van der Waals surface area contributed by atoms with Gasteiger partial charge in [-0.25, -0.2) is 0 Å². The largest absolute Gasteiger partial charge is 0.0599 e. The molecule has 0 heterocycles. The van der Waals surface area contributed by atoms with Crippen LogP contribution in [-0.4, -0.2) is 0 Å². The van der Waals surface area contributed by atoms with E-state index in [1.54, 1.807) is 0 Å². The summed E-state index contributed by atoms with van der Waals surface area (Å²) in [4.78, 5) is 0. The highest BCUT2D eigenvalue weighted by molar-refractivity contribution is 4.84. The molecular formula is C10H20. The highest BCUT2D eigenvalue weighted by Gasteiger charge is 2.32. The van der Waals surface area contributed by atoms with Crippen molar-refractivity contribution >= 4 is 0 Å². The van der Waals surface area contributed by atoms with Crippen LogP contribution in [-0.2, 0) is 0 Å². The van der Waals surface area contributed by atoms with Crippen molar-refractivity contribution in [1.29, 1.82) is 0 Å². The summed E-state index contributed by atoms with van der Waals surface area (Å²) in [6, 6.07) is 0. The Morgan fingerprint density at radius 2 is 1.70 bits per heavy atom. The Morgan fingerprint density at radius 1 is 1.10 bits per heavy atom. The van der Waals surface area contributed by atoms with Crippen molar-refractivity contribution in [3.8, 4) is 0 Å². The molecule has 0 saturated heterocycles. The van der Waals surface area contributed by atoms with E-state index in [1.165, 1.54) is 6.42 Å². The fourth-order valence-corrected chi connectivity index (χ4v) is 2.19. The maximum absolute atomic E-state index is 7.53. The molecule has 1 aliphatic carbocycles. The van der Waals surface area contributed by atoms with E-state index in [-0.39, 0.29) is 5.41 Å². The zero-order chi connectivity index (χ0) is 10.3. The van der Waals surface area contributed by atoms with Crippen LogP contribution >= 0.6 is 0 Å². The molecule has 0 aliphatic heterocycles. The van der Waals surface area contributed by atoms with Gasteiger partial charge in [0.15, 0.2) is 0 Å². The monoisotopic (exact) mass is 143 g/mol. The van der Waals surface area contributed by atoms with Crippen molar-refractivity contribution in [1.82, 2.24) is 0 Å². The molecule has 0 aromatic rings. The average molecular weight is 143 g/mol. The molecule has 0 nitrogen and oxygen atoms in total. The highest BCUT2D eigenvalue weighted by Crippen LogP contribution is 2.45. The second kappa shape index (κ2) is 2.25. The molecule has 0 radical (unpaired) electrons. The molecule has 10 heavy (non-hydrogen) atoms. The van der Waals surface area contributed by atoms with Gasteiger partial charge >= 0.3 is 0 Å². The van der Waals surface area contributed by atoms with Crippen molar-refractivity contribution in [2.45, 2.75) is 53.3 Å². The molecule has 0 spiro atoms. The summed E-state index contributed by atoms with van der Waals surface area (Å²) in [6.07, 6.45) is 3.91. The van der Waals surface area contributed by atoms with E-state index < -0.39 is 12.3 Å². The van der Waals surface area contributed by atoms with Gasteiger partial charge in [-0.1, -0.05) is 34.0 Å². The first-order valence-corrected chi connectivity index (χ1v) is 4.16. The van der Waals surface area contributed by atoms with Crippen LogP contribution in [0.4, 0.5) is 0 Å². The molecule has 0 amide bonds. The Hall–Kier alpha value is 0. The van der Waals surface area contributed by atoms with Gasteiger partial charge in [0.2, 0.25) is 0 Å². The van der Waals surface area contributed by atoms with E-state index in [2.05, 4.69) is 13.8 Å². The second-order valence-electron chi connectivity index (χ2n) is 4.76. The summed E-state index contributed by atoms with van der Waals surface area (Å²) in [6.45, 7) is 4.48. The van der Waals surface area contributed by atoms with E-state index in [4.69, 9.17) is 4.11 Å². The van der Waals surface area contributed by atoms with E-state index in [0.29, 0.717) is 0 Å². The molecule has 1 atom stereocenters. The third-order valence-electron chi connectivity index (χ3n) is 2.45. The standard InChI is InChI=1S/C10H20/c1-9(2)6-5-7-10(3,4)8-9/h5-8H2,1-4H3/i1D3/t9-/m0/s1. The fraction of sp³-hybridized carbons (Fsp3) is 1.00. The van der Waals surface area contributed by atoms with E-state index in [1.807, 2.05) is 6.92 Å². The average Bonchev–Trinajstić information content (AvgIpc) is 1.80. The van der Waals surface area contributed by atoms with Crippen molar-refractivity contribution in [3.63, 3.8) is 0 Å². The van der Waals surface area contributed by atoms with Crippen LogP contribution in [0.3, 0.4) is 0 Å². The topological polar surface area (TPSA) is 0 Å². The van der Waals surface area contributed by atoms with E-state index >= 15 is 0 Å².